The molecule has 2 aromatic rings. The average Bonchev–Trinajstić information content (AvgIpc) is 2.47. The molecule has 0 aliphatic carbocycles. The second kappa shape index (κ2) is 7.87. The molecule has 0 fully saturated rings. The molecular weight excluding hydrogens is 401 g/mol. The van der Waals surface area contributed by atoms with Gasteiger partial charge in [0.05, 0.1) is 12.1 Å². The van der Waals surface area contributed by atoms with Crippen LogP contribution in [0.15, 0.2) is 36.4 Å². The second-order valence-electron chi connectivity index (χ2n) is 4.56. The van der Waals surface area contributed by atoms with Crippen molar-refractivity contribution in [1.29, 1.82) is 0 Å². The summed E-state index contributed by atoms with van der Waals surface area (Å²) in [5, 5.41) is 0.545. The number of methoxy groups -OCH3 is 1. The first-order chi connectivity index (χ1) is 10.1. The van der Waals surface area contributed by atoms with Crippen LogP contribution in [0.25, 0.3) is 0 Å². The molecule has 0 bridgehead atoms. The third-order valence-corrected chi connectivity index (χ3v) is 4.02. The quantitative estimate of drug-likeness (QED) is 0.722. The highest BCUT2D eigenvalue weighted by Gasteiger charge is 2.12. The second-order valence-corrected chi connectivity index (χ2v) is 6.22. The van der Waals surface area contributed by atoms with Crippen LogP contribution in [0.3, 0.4) is 0 Å². The normalized spacial score (nSPS) is 10.5. The lowest BCUT2D eigenvalue weighted by Gasteiger charge is -2.14. The van der Waals surface area contributed by atoms with Crippen LogP contribution >= 0.6 is 34.2 Å². The molecule has 2 aromatic carbocycles. The molecule has 2 N–H and O–H groups in total. The maximum absolute atomic E-state index is 6.29. The Labute approximate surface area is 143 Å². The standard InChI is InChI=1S/C16H17ClINO2/c1-20-15-9-12(6-7-19)8-14(17)16(15)21-10-11-2-4-13(18)5-3-11/h2-5,8-9H,6-7,10,19H2,1H3. The number of hydrogen-bond acceptors (Lipinski definition) is 3. The molecule has 0 aliphatic heterocycles. The number of rotatable bonds is 6. The van der Waals surface area contributed by atoms with Gasteiger partial charge < -0.3 is 15.2 Å². The first-order valence-corrected chi connectivity index (χ1v) is 8.03. The minimum Gasteiger partial charge on any atom is -0.493 e. The molecule has 21 heavy (non-hydrogen) atoms. The van der Waals surface area contributed by atoms with Gasteiger partial charge in [-0.15, -0.1) is 0 Å². The zero-order valence-electron chi connectivity index (χ0n) is 11.7. The topological polar surface area (TPSA) is 44.5 Å². The number of nitrogens with two attached hydrogens (primary N) is 1. The van der Waals surface area contributed by atoms with Crippen LogP contribution in [0.5, 0.6) is 11.5 Å². The smallest absolute Gasteiger partial charge is 0.180 e. The van der Waals surface area contributed by atoms with Crippen molar-refractivity contribution < 1.29 is 9.47 Å². The Kier molecular flexibility index (Phi) is 6.14. The summed E-state index contributed by atoms with van der Waals surface area (Å²) in [5.41, 5.74) is 7.70. The Morgan fingerprint density at radius 1 is 1.14 bits per heavy atom. The van der Waals surface area contributed by atoms with E-state index in [1.54, 1.807) is 7.11 Å². The Morgan fingerprint density at radius 2 is 1.86 bits per heavy atom. The first-order valence-electron chi connectivity index (χ1n) is 6.57. The zero-order valence-corrected chi connectivity index (χ0v) is 14.6. The van der Waals surface area contributed by atoms with Crippen LogP contribution in [0.2, 0.25) is 5.02 Å². The Morgan fingerprint density at radius 3 is 2.48 bits per heavy atom. The Bertz CT molecular complexity index is 602. The SMILES string of the molecule is COc1cc(CCN)cc(Cl)c1OCc1ccc(I)cc1. The van der Waals surface area contributed by atoms with Crippen molar-refractivity contribution in [1.82, 2.24) is 0 Å². The van der Waals surface area contributed by atoms with Crippen molar-refractivity contribution in [3.8, 4) is 11.5 Å². The van der Waals surface area contributed by atoms with Gasteiger partial charge in [-0.25, -0.2) is 0 Å². The molecule has 3 nitrogen and oxygen atoms in total. The lowest BCUT2D eigenvalue weighted by molar-refractivity contribution is 0.284. The summed E-state index contributed by atoms with van der Waals surface area (Å²) >= 11 is 8.57. The van der Waals surface area contributed by atoms with Gasteiger partial charge in [-0.2, -0.15) is 0 Å². The van der Waals surface area contributed by atoms with E-state index in [0.717, 1.165) is 17.5 Å². The summed E-state index contributed by atoms with van der Waals surface area (Å²) in [5.74, 6) is 1.20. The highest BCUT2D eigenvalue weighted by atomic mass is 127. The van der Waals surface area contributed by atoms with E-state index in [4.69, 9.17) is 26.8 Å². The molecule has 0 spiro atoms. The molecule has 0 heterocycles. The molecule has 0 saturated heterocycles. The third kappa shape index (κ3) is 4.49. The molecule has 0 atom stereocenters. The molecule has 0 unspecified atom stereocenters. The van der Waals surface area contributed by atoms with Crippen LogP contribution in [0, 0.1) is 3.57 Å². The van der Waals surface area contributed by atoms with Gasteiger partial charge in [-0.3, -0.25) is 0 Å². The summed E-state index contributed by atoms with van der Waals surface area (Å²) < 4.78 is 12.4. The third-order valence-electron chi connectivity index (χ3n) is 3.02. The Balaban J connectivity index is 2.16. The minimum absolute atomic E-state index is 0.448. The predicted octanol–water partition coefficient (Wildman–Crippen LogP) is 4.03. The molecule has 0 aromatic heterocycles. The number of hydrogen-bond donors (Lipinski definition) is 1. The fourth-order valence-electron chi connectivity index (χ4n) is 1.96. The van der Waals surface area contributed by atoms with Gasteiger partial charge in [-0.1, -0.05) is 23.7 Å². The largest absolute Gasteiger partial charge is 0.493 e. The highest BCUT2D eigenvalue weighted by Crippen LogP contribution is 2.37. The fourth-order valence-corrected chi connectivity index (χ4v) is 2.61. The van der Waals surface area contributed by atoms with E-state index in [0.29, 0.717) is 29.7 Å². The molecular formula is C16H17ClINO2. The van der Waals surface area contributed by atoms with Crippen LogP contribution in [-0.2, 0) is 13.0 Å². The average molecular weight is 418 g/mol. The van der Waals surface area contributed by atoms with E-state index >= 15 is 0 Å². The molecule has 0 amide bonds. The summed E-state index contributed by atoms with van der Waals surface area (Å²) in [7, 11) is 1.61. The van der Waals surface area contributed by atoms with Crippen molar-refractivity contribution >= 4 is 34.2 Å². The molecule has 5 heteroatoms. The van der Waals surface area contributed by atoms with Gasteiger partial charge >= 0.3 is 0 Å². The molecule has 112 valence electrons. The van der Waals surface area contributed by atoms with Gasteiger partial charge in [0.15, 0.2) is 11.5 Å². The van der Waals surface area contributed by atoms with E-state index in [2.05, 4.69) is 22.6 Å². The highest BCUT2D eigenvalue weighted by molar-refractivity contribution is 14.1. The number of halogens is 2. The maximum atomic E-state index is 6.29. The van der Waals surface area contributed by atoms with Crippen molar-refractivity contribution in [2.75, 3.05) is 13.7 Å². The Hall–Kier alpha value is -0.980. The fraction of sp³-hybridized carbons (Fsp3) is 0.250. The molecule has 0 saturated carbocycles. The van der Waals surface area contributed by atoms with E-state index in [1.807, 2.05) is 36.4 Å². The van der Waals surface area contributed by atoms with E-state index in [9.17, 15) is 0 Å². The first kappa shape index (κ1) is 16.4. The van der Waals surface area contributed by atoms with Gasteiger partial charge in [0, 0.05) is 3.57 Å². The van der Waals surface area contributed by atoms with Gasteiger partial charge in [0.1, 0.15) is 6.61 Å². The summed E-state index contributed by atoms with van der Waals surface area (Å²) in [4.78, 5) is 0. The van der Waals surface area contributed by atoms with Gasteiger partial charge in [0.25, 0.3) is 0 Å². The molecule has 0 aliphatic rings. The summed E-state index contributed by atoms with van der Waals surface area (Å²) in [6, 6.07) is 11.9. The van der Waals surface area contributed by atoms with E-state index in [-0.39, 0.29) is 0 Å². The molecule has 0 radical (unpaired) electrons. The maximum Gasteiger partial charge on any atom is 0.180 e. The van der Waals surface area contributed by atoms with Crippen LogP contribution in [0.4, 0.5) is 0 Å². The summed E-state index contributed by atoms with van der Waals surface area (Å²) in [6.45, 7) is 1.02. The van der Waals surface area contributed by atoms with E-state index in [1.165, 1.54) is 3.57 Å². The number of ether oxygens (including phenoxy) is 2. The van der Waals surface area contributed by atoms with Gasteiger partial charge in [0.2, 0.25) is 0 Å². The van der Waals surface area contributed by atoms with Crippen LogP contribution < -0.4 is 15.2 Å². The van der Waals surface area contributed by atoms with Crippen molar-refractivity contribution in [3.63, 3.8) is 0 Å². The number of benzene rings is 2. The monoisotopic (exact) mass is 417 g/mol. The summed E-state index contributed by atoms with van der Waals surface area (Å²) in [6.07, 6.45) is 0.757. The van der Waals surface area contributed by atoms with Crippen molar-refractivity contribution in [3.05, 3.63) is 56.1 Å². The molecule has 2 rings (SSSR count). The van der Waals surface area contributed by atoms with Crippen LogP contribution in [-0.4, -0.2) is 13.7 Å². The predicted molar refractivity (Wildman–Crippen MR) is 94.3 cm³/mol. The van der Waals surface area contributed by atoms with Crippen LogP contribution in [0.1, 0.15) is 11.1 Å². The van der Waals surface area contributed by atoms with Crippen molar-refractivity contribution in [2.24, 2.45) is 5.73 Å². The van der Waals surface area contributed by atoms with Crippen molar-refractivity contribution in [2.45, 2.75) is 13.0 Å². The minimum atomic E-state index is 0.448. The zero-order chi connectivity index (χ0) is 15.2. The van der Waals surface area contributed by atoms with E-state index < -0.39 is 0 Å². The lowest BCUT2D eigenvalue weighted by atomic mass is 10.1. The van der Waals surface area contributed by atoms with Gasteiger partial charge in [-0.05, 0) is 70.9 Å². The lowest BCUT2D eigenvalue weighted by Crippen LogP contribution is -2.04.